The first-order chi connectivity index (χ1) is 6.83. The summed E-state index contributed by atoms with van der Waals surface area (Å²) in [4.78, 5) is 0. The van der Waals surface area contributed by atoms with Gasteiger partial charge in [-0.05, 0) is 70.5 Å². The molecule has 14 heavy (non-hydrogen) atoms. The molecule has 0 bridgehead atoms. The van der Waals surface area contributed by atoms with Gasteiger partial charge in [0.05, 0.1) is 6.61 Å². The fourth-order valence-electron chi connectivity index (χ4n) is 1.09. The van der Waals surface area contributed by atoms with Crippen molar-refractivity contribution in [3.05, 3.63) is 27.8 Å². The van der Waals surface area contributed by atoms with E-state index in [-0.39, 0.29) is 0 Å². The van der Waals surface area contributed by atoms with Gasteiger partial charge in [-0.1, -0.05) is 22.6 Å². The summed E-state index contributed by atoms with van der Waals surface area (Å²) in [7, 11) is 0. The Balaban J connectivity index is 2.15. The van der Waals surface area contributed by atoms with Crippen molar-refractivity contribution in [2.45, 2.75) is 19.3 Å². The van der Waals surface area contributed by atoms with Gasteiger partial charge in [0, 0.05) is 3.57 Å². The molecule has 3 heteroatoms. The van der Waals surface area contributed by atoms with E-state index in [0.717, 1.165) is 18.8 Å². The number of hydrogen-bond donors (Lipinski definition) is 0. The Bertz CT molecular complexity index is 246. The fourth-order valence-corrected chi connectivity index (χ4v) is 1.99. The molecule has 1 aromatic rings. The number of alkyl halides is 1. The molecule has 0 aliphatic heterocycles. The average Bonchev–Trinajstić information content (AvgIpc) is 2.21. The molecule has 1 nitrogen and oxygen atoms in total. The summed E-state index contributed by atoms with van der Waals surface area (Å²) < 4.78 is 8.10. The van der Waals surface area contributed by atoms with E-state index in [4.69, 9.17) is 4.74 Å². The zero-order chi connectivity index (χ0) is 10.2. The molecule has 0 aliphatic rings. The first-order valence-corrected chi connectivity index (χ1v) is 7.37. The highest BCUT2D eigenvalue weighted by Gasteiger charge is 1.93. The van der Waals surface area contributed by atoms with Crippen LogP contribution in [0.2, 0.25) is 0 Å². The fraction of sp³-hybridized carbons (Fsp3) is 0.455. The van der Waals surface area contributed by atoms with Gasteiger partial charge in [-0.2, -0.15) is 0 Å². The van der Waals surface area contributed by atoms with Crippen molar-refractivity contribution in [3.63, 3.8) is 0 Å². The van der Waals surface area contributed by atoms with Gasteiger partial charge in [0.25, 0.3) is 0 Å². The SMILES string of the molecule is ICCCCCOc1ccc(I)cc1. The Kier molecular flexibility index (Phi) is 6.93. The molecule has 0 radical (unpaired) electrons. The lowest BCUT2D eigenvalue weighted by molar-refractivity contribution is 0.306. The second-order valence-corrected chi connectivity index (χ2v) is 5.38. The maximum atomic E-state index is 5.60. The second-order valence-electron chi connectivity index (χ2n) is 3.05. The van der Waals surface area contributed by atoms with Crippen LogP contribution in [0.4, 0.5) is 0 Å². The number of halogens is 2. The normalized spacial score (nSPS) is 10.1. The molecule has 0 aromatic heterocycles. The summed E-state index contributed by atoms with van der Waals surface area (Å²) in [5.41, 5.74) is 0. The van der Waals surface area contributed by atoms with E-state index in [2.05, 4.69) is 57.3 Å². The van der Waals surface area contributed by atoms with Crippen molar-refractivity contribution < 1.29 is 4.74 Å². The van der Waals surface area contributed by atoms with Crippen LogP contribution in [0, 0.1) is 3.57 Å². The Labute approximate surface area is 113 Å². The topological polar surface area (TPSA) is 9.23 Å². The smallest absolute Gasteiger partial charge is 0.119 e. The van der Waals surface area contributed by atoms with Crippen LogP contribution < -0.4 is 4.74 Å². The van der Waals surface area contributed by atoms with Crippen molar-refractivity contribution in [3.8, 4) is 5.75 Å². The van der Waals surface area contributed by atoms with Gasteiger partial charge in [0.15, 0.2) is 0 Å². The predicted octanol–water partition coefficient (Wildman–Crippen LogP) is 4.28. The molecule has 0 N–H and O–H groups in total. The summed E-state index contributed by atoms with van der Waals surface area (Å²) in [6.45, 7) is 0.844. The first-order valence-electron chi connectivity index (χ1n) is 4.77. The monoisotopic (exact) mass is 416 g/mol. The van der Waals surface area contributed by atoms with Crippen LogP contribution >= 0.6 is 45.2 Å². The van der Waals surface area contributed by atoms with E-state index in [9.17, 15) is 0 Å². The van der Waals surface area contributed by atoms with Crippen LogP contribution in [0.25, 0.3) is 0 Å². The lowest BCUT2D eigenvalue weighted by Gasteiger charge is -2.05. The van der Waals surface area contributed by atoms with E-state index in [0.29, 0.717) is 0 Å². The highest BCUT2D eigenvalue weighted by atomic mass is 127. The highest BCUT2D eigenvalue weighted by molar-refractivity contribution is 14.1. The maximum absolute atomic E-state index is 5.60. The number of rotatable bonds is 6. The minimum absolute atomic E-state index is 0.844. The van der Waals surface area contributed by atoms with E-state index in [1.54, 1.807) is 0 Å². The van der Waals surface area contributed by atoms with Crippen LogP contribution in [0.1, 0.15) is 19.3 Å². The third kappa shape index (κ3) is 5.38. The molecule has 0 amide bonds. The molecular formula is C11H14I2O. The van der Waals surface area contributed by atoms with Gasteiger partial charge < -0.3 is 4.74 Å². The lowest BCUT2D eigenvalue weighted by Crippen LogP contribution is -1.97. The molecule has 1 rings (SSSR count). The highest BCUT2D eigenvalue weighted by Crippen LogP contribution is 2.13. The van der Waals surface area contributed by atoms with E-state index >= 15 is 0 Å². The first kappa shape index (κ1) is 12.5. The number of hydrogen-bond acceptors (Lipinski definition) is 1. The number of ether oxygens (including phenoxy) is 1. The molecular weight excluding hydrogens is 402 g/mol. The van der Waals surface area contributed by atoms with E-state index < -0.39 is 0 Å². The standard InChI is InChI=1S/C11H14I2O/c12-8-2-1-3-9-14-11-6-4-10(13)5-7-11/h4-7H,1-3,8-9H2. The minimum Gasteiger partial charge on any atom is -0.494 e. The zero-order valence-corrected chi connectivity index (χ0v) is 12.3. The van der Waals surface area contributed by atoms with Crippen molar-refractivity contribution in [2.75, 3.05) is 11.0 Å². The molecule has 78 valence electrons. The quantitative estimate of drug-likeness (QED) is 0.383. The van der Waals surface area contributed by atoms with Crippen molar-refractivity contribution in [1.82, 2.24) is 0 Å². The molecule has 1 aromatic carbocycles. The average molecular weight is 416 g/mol. The molecule has 0 fully saturated rings. The zero-order valence-electron chi connectivity index (χ0n) is 8.01. The molecule has 0 saturated carbocycles. The van der Waals surface area contributed by atoms with Crippen LogP contribution in [-0.2, 0) is 0 Å². The largest absolute Gasteiger partial charge is 0.494 e. The summed E-state index contributed by atoms with van der Waals surface area (Å²) in [6.07, 6.45) is 3.74. The maximum Gasteiger partial charge on any atom is 0.119 e. The van der Waals surface area contributed by atoms with Gasteiger partial charge in [0.1, 0.15) is 5.75 Å². The van der Waals surface area contributed by atoms with Gasteiger partial charge in [-0.15, -0.1) is 0 Å². The van der Waals surface area contributed by atoms with Crippen LogP contribution in [-0.4, -0.2) is 11.0 Å². The summed E-state index contributed by atoms with van der Waals surface area (Å²) in [6, 6.07) is 8.20. The summed E-state index contributed by atoms with van der Waals surface area (Å²) in [5.74, 6) is 0.986. The number of benzene rings is 1. The third-order valence-electron chi connectivity index (χ3n) is 1.86. The molecule has 0 heterocycles. The van der Waals surface area contributed by atoms with Crippen LogP contribution in [0.5, 0.6) is 5.75 Å². The van der Waals surface area contributed by atoms with Crippen molar-refractivity contribution >= 4 is 45.2 Å². The van der Waals surface area contributed by atoms with Gasteiger partial charge in [-0.3, -0.25) is 0 Å². The van der Waals surface area contributed by atoms with Crippen molar-refractivity contribution in [1.29, 1.82) is 0 Å². The van der Waals surface area contributed by atoms with Gasteiger partial charge >= 0.3 is 0 Å². The molecule has 0 aliphatic carbocycles. The predicted molar refractivity (Wildman–Crippen MR) is 77.4 cm³/mol. The third-order valence-corrected chi connectivity index (χ3v) is 3.34. The lowest BCUT2D eigenvalue weighted by atomic mass is 10.3. The molecule has 0 atom stereocenters. The summed E-state index contributed by atoms with van der Waals surface area (Å²) >= 11 is 4.71. The Morgan fingerprint density at radius 3 is 2.36 bits per heavy atom. The minimum atomic E-state index is 0.844. The molecule has 0 unspecified atom stereocenters. The van der Waals surface area contributed by atoms with Gasteiger partial charge in [-0.25, -0.2) is 0 Å². The molecule has 0 saturated heterocycles. The second kappa shape index (κ2) is 7.73. The van der Waals surface area contributed by atoms with Crippen LogP contribution in [0.15, 0.2) is 24.3 Å². The summed E-state index contributed by atoms with van der Waals surface area (Å²) in [5, 5.41) is 0. The Morgan fingerprint density at radius 1 is 1.00 bits per heavy atom. The van der Waals surface area contributed by atoms with Crippen molar-refractivity contribution in [2.24, 2.45) is 0 Å². The van der Waals surface area contributed by atoms with E-state index in [1.807, 2.05) is 12.1 Å². The van der Waals surface area contributed by atoms with Gasteiger partial charge in [0.2, 0.25) is 0 Å². The van der Waals surface area contributed by atoms with E-state index in [1.165, 1.54) is 20.8 Å². The Morgan fingerprint density at radius 2 is 1.71 bits per heavy atom. The number of unbranched alkanes of at least 4 members (excludes halogenated alkanes) is 2. The molecule has 0 spiro atoms. The van der Waals surface area contributed by atoms with Crippen LogP contribution in [0.3, 0.4) is 0 Å². The Hall–Kier alpha value is 0.480.